The van der Waals surface area contributed by atoms with Gasteiger partial charge in [-0.25, -0.2) is 0 Å². The zero-order chi connectivity index (χ0) is 17.9. The van der Waals surface area contributed by atoms with Crippen LogP contribution in [0.3, 0.4) is 0 Å². The molecule has 1 aliphatic carbocycles. The number of hydrogen-bond donors (Lipinski definition) is 1. The molecule has 4 nitrogen and oxygen atoms in total. The van der Waals surface area contributed by atoms with E-state index in [1.807, 2.05) is 24.3 Å². The molecule has 4 heteroatoms. The van der Waals surface area contributed by atoms with Gasteiger partial charge >= 0.3 is 0 Å². The molecule has 0 radical (unpaired) electrons. The van der Waals surface area contributed by atoms with E-state index in [4.69, 9.17) is 9.47 Å². The van der Waals surface area contributed by atoms with Crippen LogP contribution in [0.15, 0.2) is 48.5 Å². The lowest BCUT2D eigenvalue weighted by atomic mass is 10.1. The van der Waals surface area contributed by atoms with Crippen LogP contribution in [-0.2, 0) is 13.1 Å². The summed E-state index contributed by atoms with van der Waals surface area (Å²) < 4.78 is 10.5. The number of methoxy groups -OCH3 is 2. The summed E-state index contributed by atoms with van der Waals surface area (Å²) >= 11 is 0. The number of benzene rings is 2. The molecule has 0 spiro atoms. The standard InChI is InChI=1S/C21H27NO3/c1-16(21(23)12-13-21)22(14-17-4-8-19(24-2)9-5-17)15-18-6-10-20(25-3)11-7-18/h4-11,16,23H,12-15H2,1-3H3. The van der Waals surface area contributed by atoms with Gasteiger partial charge in [-0.15, -0.1) is 0 Å². The quantitative estimate of drug-likeness (QED) is 0.796. The highest BCUT2D eigenvalue weighted by Crippen LogP contribution is 2.41. The molecule has 134 valence electrons. The third-order valence-corrected chi connectivity index (χ3v) is 5.18. The Hall–Kier alpha value is -2.04. The third-order valence-electron chi connectivity index (χ3n) is 5.18. The second kappa shape index (κ2) is 7.46. The predicted octanol–water partition coefficient (Wildman–Crippen LogP) is 3.62. The molecule has 1 aliphatic rings. The monoisotopic (exact) mass is 341 g/mol. The molecule has 0 bridgehead atoms. The molecule has 1 unspecified atom stereocenters. The van der Waals surface area contributed by atoms with E-state index >= 15 is 0 Å². The molecule has 1 atom stereocenters. The average Bonchev–Trinajstić information content (AvgIpc) is 3.40. The topological polar surface area (TPSA) is 41.9 Å². The first-order valence-corrected chi connectivity index (χ1v) is 8.76. The van der Waals surface area contributed by atoms with E-state index in [0.717, 1.165) is 37.4 Å². The zero-order valence-electron chi connectivity index (χ0n) is 15.2. The van der Waals surface area contributed by atoms with E-state index in [9.17, 15) is 5.11 Å². The van der Waals surface area contributed by atoms with Gasteiger partial charge in [0.05, 0.1) is 19.8 Å². The van der Waals surface area contributed by atoms with Gasteiger partial charge in [0.1, 0.15) is 11.5 Å². The first-order chi connectivity index (χ1) is 12.0. The summed E-state index contributed by atoms with van der Waals surface area (Å²) in [4.78, 5) is 2.34. The van der Waals surface area contributed by atoms with Crippen LogP contribution in [0.5, 0.6) is 11.5 Å². The fourth-order valence-electron chi connectivity index (χ4n) is 3.15. The van der Waals surface area contributed by atoms with Crippen molar-refractivity contribution in [2.75, 3.05) is 14.2 Å². The lowest BCUT2D eigenvalue weighted by Crippen LogP contribution is -2.42. The second-order valence-electron chi connectivity index (χ2n) is 6.88. The van der Waals surface area contributed by atoms with E-state index in [2.05, 4.69) is 36.1 Å². The van der Waals surface area contributed by atoms with Gasteiger partial charge in [-0.2, -0.15) is 0 Å². The molecular weight excluding hydrogens is 314 g/mol. The van der Waals surface area contributed by atoms with Crippen LogP contribution >= 0.6 is 0 Å². The third kappa shape index (κ3) is 4.33. The fraction of sp³-hybridized carbons (Fsp3) is 0.429. The van der Waals surface area contributed by atoms with E-state index < -0.39 is 5.60 Å². The summed E-state index contributed by atoms with van der Waals surface area (Å²) in [5, 5.41) is 10.6. The van der Waals surface area contributed by atoms with Crippen molar-refractivity contribution >= 4 is 0 Å². The van der Waals surface area contributed by atoms with Crippen LogP contribution in [0.1, 0.15) is 30.9 Å². The molecule has 1 saturated carbocycles. The van der Waals surface area contributed by atoms with Crippen LogP contribution in [-0.4, -0.2) is 35.9 Å². The molecule has 1 N–H and O–H groups in total. The molecule has 2 aromatic rings. The Labute approximate surface area is 150 Å². The maximum Gasteiger partial charge on any atom is 0.118 e. The molecule has 2 aromatic carbocycles. The minimum absolute atomic E-state index is 0.108. The van der Waals surface area contributed by atoms with Crippen LogP contribution in [0.4, 0.5) is 0 Å². The van der Waals surface area contributed by atoms with Crippen molar-refractivity contribution < 1.29 is 14.6 Å². The summed E-state index contributed by atoms with van der Waals surface area (Å²) in [5.74, 6) is 1.72. The summed E-state index contributed by atoms with van der Waals surface area (Å²) in [6.07, 6.45) is 1.77. The van der Waals surface area contributed by atoms with Crippen molar-refractivity contribution in [3.05, 3.63) is 59.7 Å². The Kier molecular flexibility index (Phi) is 5.30. The zero-order valence-corrected chi connectivity index (χ0v) is 15.2. The minimum Gasteiger partial charge on any atom is -0.497 e. The molecule has 0 aliphatic heterocycles. The summed E-state index contributed by atoms with van der Waals surface area (Å²) in [7, 11) is 3.35. The smallest absolute Gasteiger partial charge is 0.118 e. The first kappa shape index (κ1) is 17.8. The van der Waals surface area contributed by atoms with Gasteiger partial charge < -0.3 is 14.6 Å². The maximum absolute atomic E-state index is 10.6. The average molecular weight is 341 g/mol. The van der Waals surface area contributed by atoms with Gasteiger partial charge in [0.25, 0.3) is 0 Å². The van der Waals surface area contributed by atoms with Crippen LogP contribution in [0.25, 0.3) is 0 Å². The predicted molar refractivity (Wildman–Crippen MR) is 98.9 cm³/mol. The summed E-state index contributed by atoms with van der Waals surface area (Å²) in [6, 6.07) is 16.4. The molecule has 1 fully saturated rings. The van der Waals surface area contributed by atoms with Gasteiger partial charge in [-0.05, 0) is 55.2 Å². The van der Waals surface area contributed by atoms with Gasteiger partial charge in [0.15, 0.2) is 0 Å². The SMILES string of the molecule is COc1ccc(CN(Cc2ccc(OC)cc2)C(C)C2(O)CC2)cc1. The van der Waals surface area contributed by atoms with Crippen molar-refractivity contribution in [3.63, 3.8) is 0 Å². The highest BCUT2D eigenvalue weighted by molar-refractivity contribution is 5.29. The Balaban J connectivity index is 1.76. The number of rotatable bonds is 8. The normalized spacial score (nSPS) is 16.5. The lowest BCUT2D eigenvalue weighted by Gasteiger charge is -2.33. The van der Waals surface area contributed by atoms with Crippen LogP contribution < -0.4 is 9.47 Å². The Morgan fingerprint density at radius 1 is 0.880 bits per heavy atom. The van der Waals surface area contributed by atoms with E-state index in [1.165, 1.54) is 11.1 Å². The number of aliphatic hydroxyl groups is 1. The number of ether oxygens (including phenoxy) is 2. The molecule has 0 heterocycles. The Morgan fingerprint density at radius 2 is 1.28 bits per heavy atom. The highest BCUT2D eigenvalue weighted by Gasteiger charge is 2.47. The van der Waals surface area contributed by atoms with Crippen molar-refractivity contribution in [1.82, 2.24) is 4.90 Å². The number of hydrogen-bond acceptors (Lipinski definition) is 4. The molecule has 0 saturated heterocycles. The summed E-state index contributed by atoms with van der Waals surface area (Å²) in [6.45, 7) is 3.71. The number of nitrogens with zero attached hydrogens (tertiary/aromatic N) is 1. The summed E-state index contributed by atoms with van der Waals surface area (Å²) in [5.41, 5.74) is 1.88. The molecule has 25 heavy (non-hydrogen) atoms. The lowest BCUT2D eigenvalue weighted by molar-refractivity contribution is 0.0299. The van der Waals surface area contributed by atoms with Crippen molar-refractivity contribution in [1.29, 1.82) is 0 Å². The Morgan fingerprint density at radius 3 is 1.60 bits per heavy atom. The maximum atomic E-state index is 10.6. The highest BCUT2D eigenvalue weighted by atomic mass is 16.5. The molecular formula is C21H27NO3. The fourth-order valence-corrected chi connectivity index (χ4v) is 3.15. The van der Waals surface area contributed by atoms with Crippen molar-refractivity contribution in [2.24, 2.45) is 0 Å². The first-order valence-electron chi connectivity index (χ1n) is 8.76. The molecule has 0 amide bonds. The minimum atomic E-state index is -0.543. The van der Waals surface area contributed by atoms with E-state index in [1.54, 1.807) is 14.2 Å². The van der Waals surface area contributed by atoms with Crippen molar-refractivity contribution in [3.8, 4) is 11.5 Å². The largest absolute Gasteiger partial charge is 0.497 e. The molecule has 3 rings (SSSR count). The van der Waals surface area contributed by atoms with Gasteiger partial charge in [-0.1, -0.05) is 24.3 Å². The van der Waals surface area contributed by atoms with Gasteiger partial charge in [0, 0.05) is 19.1 Å². The molecule has 0 aromatic heterocycles. The van der Waals surface area contributed by atoms with E-state index in [0.29, 0.717) is 0 Å². The van der Waals surface area contributed by atoms with Gasteiger partial charge in [0.2, 0.25) is 0 Å². The van der Waals surface area contributed by atoms with Crippen molar-refractivity contribution in [2.45, 2.75) is 44.5 Å². The second-order valence-corrected chi connectivity index (χ2v) is 6.88. The van der Waals surface area contributed by atoms with Crippen LogP contribution in [0.2, 0.25) is 0 Å². The Bertz CT molecular complexity index is 628. The van der Waals surface area contributed by atoms with Crippen LogP contribution in [0, 0.1) is 0 Å². The van der Waals surface area contributed by atoms with E-state index in [-0.39, 0.29) is 6.04 Å². The van der Waals surface area contributed by atoms with Gasteiger partial charge in [-0.3, -0.25) is 4.90 Å².